The minimum atomic E-state index is -0.471. The van der Waals surface area contributed by atoms with Crippen LogP contribution in [0.4, 0.5) is 0 Å². The van der Waals surface area contributed by atoms with Crippen LogP contribution in [0, 0.1) is 5.92 Å². The second-order valence-electron chi connectivity index (χ2n) is 5.95. The summed E-state index contributed by atoms with van der Waals surface area (Å²) in [4.78, 5) is 24.9. The van der Waals surface area contributed by atoms with Crippen molar-refractivity contribution in [3.8, 4) is 5.75 Å². The van der Waals surface area contributed by atoms with Gasteiger partial charge in [-0.05, 0) is 42.7 Å². The van der Waals surface area contributed by atoms with Crippen LogP contribution in [-0.2, 0) is 11.2 Å². The summed E-state index contributed by atoms with van der Waals surface area (Å²) in [5.41, 5.74) is 3.12. The molecule has 2 aromatic carbocycles. The van der Waals surface area contributed by atoms with Crippen molar-refractivity contribution in [1.29, 1.82) is 0 Å². The molecule has 0 bridgehead atoms. The predicted molar refractivity (Wildman–Crippen MR) is 83.7 cm³/mol. The Kier molecular flexibility index (Phi) is 3.18. The maximum Gasteiger partial charge on any atom is 0.339 e. The molecule has 1 heterocycles. The number of rotatable bonds is 2. The fourth-order valence-electron chi connectivity index (χ4n) is 3.55. The number of ketones is 1. The number of ether oxygens (including phenoxy) is 2. The molecule has 116 valence electrons. The summed E-state index contributed by atoms with van der Waals surface area (Å²) in [6.45, 7) is 0. The first-order chi connectivity index (χ1) is 11.2. The second kappa shape index (κ2) is 5.23. The topological polar surface area (TPSA) is 52.6 Å². The SMILES string of the molecule is COc1ccc2c(c1)CC[C@@H]([C@H]1OC(=O)c3ccccc31)C2=O. The number of esters is 1. The lowest BCUT2D eigenvalue weighted by Gasteiger charge is -2.27. The van der Waals surface area contributed by atoms with Gasteiger partial charge in [-0.2, -0.15) is 0 Å². The Morgan fingerprint density at radius 3 is 2.74 bits per heavy atom. The fourth-order valence-corrected chi connectivity index (χ4v) is 3.55. The highest BCUT2D eigenvalue weighted by atomic mass is 16.5. The van der Waals surface area contributed by atoms with Crippen LogP contribution < -0.4 is 4.74 Å². The largest absolute Gasteiger partial charge is 0.497 e. The predicted octanol–water partition coefficient (Wildman–Crippen LogP) is 3.35. The molecule has 1 aliphatic heterocycles. The molecule has 4 rings (SSSR count). The fraction of sp³-hybridized carbons (Fsp3) is 0.263. The molecule has 23 heavy (non-hydrogen) atoms. The molecular weight excluding hydrogens is 292 g/mol. The summed E-state index contributed by atoms with van der Waals surface area (Å²) in [6, 6.07) is 12.8. The van der Waals surface area contributed by atoms with E-state index in [0.29, 0.717) is 17.5 Å². The molecule has 0 N–H and O–H groups in total. The maximum atomic E-state index is 12.9. The molecule has 4 nitrogen and oxygen atoms in total. The third-order valence-corrected chi connectivity index (χ3v) is 4.73. The summed E-state index contributed by atoms with van der Waals surface area (Å²) in [7, 11) is 1.62. The Hall–Kier alpha value is -2.62. The molecule has 0 fully saturated rings. The number of fused-ring (bicyclic) bond motifs is 2. The van der Waals surface area contributed by atoms with Crippen LogP contribution in [0.15, 0.2) is 42.5 Å². The van der Waals surface area contributed by atoms with Gasteiger partial charge in [-0.1, -0.05) is 18.2 Å². The molecule has 0 aromatic heterocycles. The quantitative estimate of drug-likeness (QED) is 0.798. The molecule has 0 saturated heterocycles. The number of methoxy groups -OCH3 is 1. The van der Waals surface area contributed by atoms with E-state index in [1.807, 2.05) is 30.3 Å². The normalized spacial score (nSPS) is 22.3. The van der Waals surface area contributed by atoms with Crippen molar-refractivity contribution in [1.82, 2.24) is 0 Å². The van der Waals surface area contributed by atoms with Gasteiger partial charge in [0.15, 0.2) is 5.78 Å². The number of carbonyl (C=O) groups is 2. The standard InChI is InChI=1S/C19H16O4/c1-22-12-7-9-13-11(10-12)6-8-16(17(13)20)18-14-4-2-3-5-15(14)19(21)23-18/h2-5,7,9-10,16,18H,6,8H2,1H3/t16-,18+/m1/s1. The van der Waals surface area contributed by atoms with Crippen molar-refractivity contribution in [2.45, 2.75) is 18.9 Å². The minimum Gasteiger partial charge on any atom is -0.497 e. The van der Waals surface area contributed by atoms with E-state index < -0.39 is 6.10 Å². The number of carbonyl (C=O) groups excluding carboxylic acids is 2. The van der Waals surface area contributed by atoms with Crippen molar-refractivity contribution < 1.29 is 19.1 Å². The highest BCUT2D eigenvalue weighted by Gasteiger charge is 2.42. The molecular formula is C19H16O4. The lowest BCUT2D eigenvalue weighted by atomic mass is 9.78. The Balaban J connectivity index is 1.70. The molecule has 0 radical (unpaired) electrons. The number of cyclic esters (lactones) is 1. The number of hydrogen-bond acceptors (Lipinski definition) is 4. The van der Waals surface area contributed by atoms with Gasteiger partial charge in [0, 0.05) is 11.1 Å². The Morgan fingerprint density at radius 1 is 1.09 bits per heavy atom. The average molecular weight is 308 g/mol. The van der Waals surface area contributed by atoms with Crippen LogP contribution in [0.1, 0.15) is 44.4 Å². The molecule has 0 spiro atoms. The van der Waals surface area contributed by atoms with Crippen LogP contribution in [0.3, 0.4) is 0 Å². The smallest absolute Gasteiger partial charge is 0.339 e. The first-order valence-corrected chi connectivity index (χ1v) is 7.70. The first-order valence-electron chi connectivity index (χ1n) is 7.70. The molecule has 2 aliphatic rings. The van der Waals surface area contributed by atoms with Gasteiger partial charge in [-0.3, -0.25) is 4.79 Å². The van der Waals surface area contributed by atoms with Crippen molar-refractivity contribution >= 4 is 11.8 Å². The van der Waals surface area contributed by atoms with Gasteiger partial charge in [0.25, 0.3) is 0 Å². The third-order valence-electron chi connectivity index (χ3n) is 4.73. The van der Waals surface area contributed by atoms with Crippen molar-refractivity contribution in [2.75, 3.05) is 7.11 Å². The van der Waals surface area contributed by atoms with E-state index in [1.165, 1.54) is 0 Å². The lowest BCUT2D eigenvalue weighted by Crippen LogP contribution is -2.28. The lowest BCUT2D eigenvalue weighted by molar-refractivity contribution is 0.0222. The van der Waals surface area contributed by atoms with Crippen molar-refractivity contribution in [2.24, 2.45) is 5.92 Å². The van der Waals surface area contributed by atoms with E-state index >= 15 is 0 Å². The highest BCUT2D eigenvalue weighted by molar-refractivity contribution is 6.02. The summed E-state index contributed by atoms with van der Waals surface area (Å²) in [6.07, 6.45) is 0.978. The molecule has 0 amide bonds. The zero-order valence-corrected chi connectivity index (χ0v) is 12.7. The molecule has 4 heteroatoms. The number of benzene rings is 2. The summed E-state index contributed by atoms with van der Waals surface area (Å²) < 4.78 is 10.7. The Morgan fingerprint density at radius 2 is 1.91 bits per heavy atom. The van der Waals surface area contributed by atoms with Gasteiger partial charge >= 0.3 is 5.97 Å². The van der Waals surface area contributed by atoms with Crippen molar-refractivity contribution in [3.05, 3.63) is 64.7 Å². The van der Waals surface area contributed by atoms with E-state index in [0.717, 1.165) is 23.3 Å². The molecule has 0 saturated carbocycles. The van der Waals surface area contributed by atoms with Crippen LogP contribution >= 0.6 is 0 Å². The van der Waals surface area contributed by atoms with Gasteiger partial charge in [-0.15, -0.1) is 0 Å². The van der Waals surface area contributed by atoms with Crippen molar-refractivity contribution in [3.63, 3.8) is 0 Å². The molecule has 2 aromatic rings. The summed E-state index contributed by atoms with van der Waals surface area (Å²) in [5, 5.41) is 0. The van der Waals surface area contributed by atoms with Gasteiger partial charge in [0.2, 0.25) is 0 Å². The van der Waals surface area contributed by atoms with Gasteiger partial charge in [0.1, 0.15) is 11.9 Å². The number of aryl methyl sites for hydroxylation is 1. The minimum absolute atomic E-state index is 0.0448. The Labute approximate surface area is 134 Å². The molecule has 0 unspecified atom stereocenters. The average Bonchev–Trinajstić information content (AvgIpc) is 2.92. The number of hydrogen-bond donors (Lipinski definition) is 0. The molecule has 2 atom stereocenters. The zero-order valence-electron chi connectivity index (χ0n) is 12.7. The van der Waals surface area contributed by atoms with E-state index in [-0.39, 0.29) is 17.7 Å². The van der Waals surface area contributed by atoms with Gasteiger partial charge < -0.3 is 9.47 Å². The monoisotopic (exact) mass is 308 g/mol. The van der Waals surface area contributed by atoms with E-state index in [1.54, 1.807) is 19.2 Å². The summed E-state index contributed by atoms with van der Waals surface area (Å²) >= 11 is 0. The van der Waals surface area contributed by atoms with E-state index in [2.05, 4.69) is 0 Å². The van der Waals surface area contributed by atoms with E-state index in [9.17, 15) is 9.59 Å². The first kappa shape index (κ1) is 14.0. The van der Waals surface area contributed by atoms with E-state index in [4.69, 9.17) is 9.47 Å². The zero-order chi connectivity index (χ0) is 16.0. The van der Waals surface area contributed by atoms with Crippen LogP contribution in [0.25, 0.3) is 0 Å². The third kappa shape index (κ3) is 2.13. The second-order valence-corrected chi connectivity index (χ2v) is 5.95. The summed E-state index contributed by atoms with van der Waals surface area (Å²) in [5.74, 6) is 0.151. The van der Waals surface area contributed by atoms with Gasteiger partial charge in [0.05, 0.1) is 18.6 Å². The molecule has 1 aliphatic carbocycles. The van der Waals surface area contributed by atoms with Crippen LogP contribution in [0.5, 0.6) is 5.75 Å². The van der Waals surface area contributed by atoms with Crippen LogP contribution in [-0.4, -0.2) is 18.9 Å². The van der Waals surface area contributed by atoms with Gasteiger partial charge in [-0.25, -0.2) is 4.79 Å². The Bertz CT molecular complexity index is 809. The van der Waals surface area contributed by atoms with Crippen LogP contribution in [0.2, 0.25) is 0 Å². The number of Topliss-reactive ketones (excluding diaryl/α,β-unsaturated/α-hetero) is 1. The maximum absolute atomic E-state index is 12.9. The highest BCUT2D eigenvalue weighted by Crippen LogP contribution is 2.42.